The van der Waals surface area contributed by atoms with Gasteiger partial charge >= 0.3 is 5.97 Å². The molecule has 0 aromatic heterocycles. The molecule has 0 bridgehead atoms. The van der Waals surface area contributed by atoms with Crippen molar-refractivity contribution in [3.8, 4) is 0 Å². The second-order valence-corrected chi connectivity index (χ2v) is 6.36. The third kappa shape index (κ3) is 3.72. The second kappa shape index (κ2) is 7.07. The number of aromatic carboxylic acids is 1. The molecular weight excluding hydrogens is 312 g/mol. The highest BCUT2D eigenvalue weighted by Crippen LogP contribution is 2.32. The third-order valence-corrected chi connectivity index (χ3v) is 4.89. The fourth-order valence-electron chi connectivity index (χ4n) is 1.75. The first-order valence-electron chi connectivity index (χ1n) is 5.89. The van der Waals surface area contributed by atoms with Crippen LogP contribution >= 0.6 is 35.1 Å². The molecular formula is C15H13ClO2S2. The molecule has 2 aromatic rings. The standard InChI is InChI=1S/C15H13ClO2S2/c1-19-12-3-2-4-13(14(12)15(17)18)20-9-10-5-7-11(16)8-6-10/h2-8H,9H2,1H3,(H,17,18). The van der Waals surface area contributed by atoms with E-state index in [1.807, 2.05) is 48.7 Å². The Labute approximate surface area is 131 Å². The minimum Gasteiger partial charge on any atom is -0.478 e. The van der Waals surface area contributed by atoms with Crippen LogP contribution in [-0.4, -0.2) is 17.3 Å². The van der Waals surface area contributed by atoms with Gasteiger partial charge in [0.05, 0.1) is 5.56 Å². The van der Waals surface area contributed by atoms with Gasteiger partial charge < -0.3 is 5.11 Å². The average Bonchev–Trinajstić information content (AvgIpc) is 2.46. The number of hydrogen-bond acceptors (Lipinski definition) is 3. The summed E-state index contributed by atoms with van der Waals surface area (Å²) in [4.78, 5) is 13.0. The first-order valence-corrected chi connectivity index (χ1v) is 8.48. The summed E-state index contributed by atoms with van der Waals surface area (Å²) in [6.07, 6.45) is 1.88. The van der Waals surface area contributed by atoms with Gasteiger partial charge in [-0.05, 0) is 36.1 Å². The maximum absolute atomic E-state index is 11.4. The van der Waals surface area contributed by atoms with Crippen molar-refractivity contribution < 1.29 is 9.90 Å². The Morgan fingerprint density at radius 1 is 1.15 bits per heavy atom. The Hall–Kier alpha value is -1.10. The number of benzene rings is 2. The fraction of sp³-hybridized carbons (Fsp3) is 0.133. The number of carboxylic acid groups (broad SMARTS) is 1. The van der Waals surface area contributed by atoms with Gasteiger partial charge in [0.2, 0.25) is 0 Å². The van der Waals surface area contributed by atoms with E-state index in [2.05, 4.69) is 0 Å². The highest BCUT2D eigenvalue weighted by Gasteiger charge is 2.15. The van der Waals surface area contributed by atoms with Crippen molar-refractivity contribution in [3.63, 3.8) is 0 Å². The number of carboxylic acids is 1. The van der Waals surface area contributed by atoms with E-state index in [1.54, 1.807) is 0 Å². The van der Waals surface area contributed by atoms with Gasteiger partial charge in [-0.1, -0.05) is 29.8 Å². The highest BCUT2D eigenvalue weighted by molar-refractivity contribution is 7.99. The van der Waals surface area contributed by atoms with Gasteiger partial charge in [0, 0.05) is 20.6 Å². The Morgan fingerprint density at radius 3 is 2.40 bits per heavy atom. The van der Waals surface area contributed by atoms with Gasteiger partial charge in [-0.15, -0.1) is 23.5 Å². The molecule has 1 N–H and O–H groups in total. The average molecular weight is 325 g/mol. The van der Waals surface area contributed by atoms with Crippen LogP contribution in [0.1, 0.15) is 15.9 Å². The van der Waals surface area contributed by atoms with Gasteiger partial charge in [-0.3, -0.25) is 0 Å². The number of hydrogen-bond donors (Lipinski definition) is 1. The zero-order chi connectivity index (χ0) is 14.5. The third-order valence-electron chi connectivity index (χ3n) is 2.73. The van der Waals surface area contributed by atoms with Crippen molar-refractivity contribution in [2.75, 3.05) is 6.26 Å². The largest absolute Gasteiger partial charge is 0.478 e. The van der Waals surface area contributed by atoms with E-state index in [0.29, 0.717) is 10.6 Å². The molecule has 0 spiro atoms. The first-order chi connectivity index (χ1) is 9.61. The molecule has 2 aromatic carbocycles. The van der Waals surface area contributed by atoms with Crippen molar-refractivity contribution in [1.82, 2.24) is 0 Å². The molecule has 0 fully saturated rings. The van der Waals surface area contributed by atoms with E-state index in [1.165, 1.54) is 23.5 Å². The molecule has 20 heavy (non-hydrogen) atoms. The van der Waals surface area contributed by atoms with Crippen molar-refractivity contribution in [2.24, 2.45) is 0 Å². The minimum atomic E-state index is -0.881. The quantitative estimate of drug-likeness (QED) is 0.781. The SMILES string of the molecule is CSc1cccc(SCc2ccc(Cl)cc2)c1C(=O)O. The van der Waals surface area contributed by atoms with Gasteiger partial charge in [0.1, 0.15) is 0 Å². The van der Waals surface area contributed by atoms with Gasteiger partial charge in [0.25, 0.3) is 0 Å². The van der Waals surface area contributed by atoms with Crippen LogP contribution in [-0.2, 0) is 5.75 Å². The van der Waals surface area contributed by atoms with E-state index in [9.17, 15) is 9.90 Å². The zero-order valence-electron chi connectivity index (χ0n) is 10.8. The Kier molecular flexibility index (Phi) is 5.40. The van der Waals surface area contributed by atoms with Crippen LogP contribution in [0.2, 0.25) is 5.02 Å². The maximum Gasteiger partial charge on any atom is 0.337 e. The van der Waals surface area contributed by atoms with E-state index in [0.717, 1.165) is 21.1 Å². The van der Waals surface area contributed by atoms with Crippen molar-refractivity contribution >= 4 is 41.1 Å². The summed E-state index contributed by atoms with van der Waals surface area (Å²) in [5, 5.41) is 10.1. The molecule has 0 aliphatic rings. The van der Waals surface area contributed by atoms with E-state index >= 15 is 0 Å². The lowest BCUT2D eigenvalue weighted by Crippen LogP contribution is -2.01. The maximum atomic E-state index is 11.4. The number of rotatable bonds is 5. The van der Waals surface area contributed by atoms with Crippen LogP contribution < -0.4 is 0 Å². The van der Waals surface area contributed by atoms with Crippen LogP contribution in [0.15, 0.2) is 52.3 Å². The fourth-order valence-corrected chi connectivity index (χ4v) is 3.59. The monoisotopic (exact) mass is 324 g/mol. The van der Waals surface area contributed by atoms with Crippen molar-refractivity contribution in [2.45, 2.75) is 15.5 Å². The predicted molar refractivity (Wildman–Crippen MR) is 86.2 cm³/mol. The molecule has 2 rings (SSSR count). The van der Waals surface area contributed by atoms with E-state index < -0.39 is 5.97 Å². The van der Waals surface area contributed by atoms with Gasteiger partial charge in [-0.25, -0.2) is 4.79 Å². The highest BCUT2D eigenvalue weighted by atomic mass is 35.5. The van der Waals surface area contributed by atoms with Crippen LogP contribution in [0.25, 0.3) is 0 Å². The van der Waals surface area contributed by atoms with E-state index in [4.69, 9.17) is 11.6 Å². The smallest absolute Gasteiger partial charge is 0.337 e. The van der Waals surface area contributed by atoms with Crippen LogP contribution in [0.3, 0.4) is 0 Å². The molecule has 0 saturated carbocycles. The second-order valence-electron chi connectivity index (χ2n) is 4.05. The summed E-state index contributed by atoms with van der Waals surface area (Å²) in [5.41, 5.74) is 1.50. The van der Waals surface area contributed by atoms with Crippen molar-refractivity contribution in [3.05, 3.63) is 58.6 Å². The number of halogens is 1. The summed E-state index contributed by atoms with van der Waals surface area (Å²) in [5.74, 6) is -0.163. The molecule has 0 unspecified atom stereocenters. The Balaban J connectivity index is 2.21. The molecule has 0 aliphatic heterocycles. The summed E-state index contributed by atoms with van der Waals surface area (Å²) >= 11 is 8.82. The molecule has 0 radical (unpaired) electrons. The molecule has 0 atom stereocenters. The number of thioether (sulfide) groups is 2. The summed E-state index contributed by atoms with van der Waals surface area (Å²) in [6, 6.07) is 13.2. The van der Waals surface area contributed by atoms with E-state index in [-0.39, 0.29) is 0 Å². The van der Waals surface area contributed by atoms with Crippen LogP contribution in [0.4, 0.5) is 0 Å². The first kappa shape index (κ1) is 15.3. The lowest BCUT2D eigenvalue weighted by Gasteiger charge is -2.09. The molecule has 104 valence electrons. The predicted octanol–water partition coefficient (Wildman–Crippen LogP) is 5.05. The van der Waals surface area contributed by atoms with Gasteiger partial charge in [0.15, 0.2) is 0 Å². The lowest BCUT2D eigenvalue weighted by atomic mass is 10.2. The van der Waals surface area contributed by atoms with Crippen molar-refractivity contribution in [1.29, 1.82) is 0 Å². The van der Waals surface area contributed by atoms with Crippen LogP contribution in [0.5, 0.6) is 0 Å². The summed E-state index contributed by atoms with van der Waals surface area (Å²) in [7, 11) is 0. The molecule has 0 aliphatic carbocycles. The molecule has 0 amide bonds. The summed E-state index contributed by atoms with van der Waals surface area (Å²) < 4.78 is 0. The Bertz CT molecular complexity index is 612. The summed E-state index contributed by atoms with van der Waals surface area (Å²) in [6.45, 7) is 0. The Morgan fingerprint density at radius 2 is 1.80 bits per heavy atom. The normalized spacial score (nSPS) is 10.5. The molecule has 2 nitrogen and oxygen atoms in total. The minimum absolute atomic E-state index is 0.388. The topological polar surface area (TPSA) is 37.3 Å². The molecule has 5 heteroatoms. The number of carbonyl (C=O) groups is 1. The molecule has 0 heterocycles. The lowest BCUT2D eigenvalue weighted by molar-refractivity contribution is 0.0689. The van der Waals surface area contributed by atoms with Gasteiger partial charge in [-0.2, -0.15) is 0 Å². The molecule has 0 saturated heterocycles. The van der Waals surface area contributed by atoms with Crippen LogP contribution in [0, 0.1) is 0 Å². The zero-order valence-corrected chi connectivity index (χ0v) is 13.2.